The van der Waals surface area contributed by atoms with Gasteiger partial charge in [-0.15, -0.1) is 0 Å². The highest BCUT2D eigenvalue weighted by molar-refractivity contribution is 5.71. The molecule has 4 rings (SSSR count). The lowest BCUT2D eigenvalue weighted by atomic mass is 10.2. The van der Waals surface area contributed by atoms with Gasteiger partial charge in [-0.05, 0) is 24.6 Å². The van der Waals surface area contributed by atoms with Crippen LogP contribution in [0.4, 0.5) is 5.69 Å². The predicted octanol–water partition coefficient (Wildman–Crippen LogP) is 1.99. The van der Waals surface area contributed by atoms with Crippen molar-refractivity contribution >= 4 is 16.9 Å². The second kappa shape index (κ2) is 6.68. The van der Waals surface area contributed by atoms with Crippen molar-refractivity contribution in [2.45, 2.75) is 13.5 Å². The lowest BCUT2D eigenvalue weighted by molar-refractivity contribution is 0.245. The first kappa shape index (κ1) is 15.8. The Morgan fingerprint density at radius 2 is 1.96 bits per heavy atom. The molecule has 0 spiro atoms. The van der Waals surface area contributed by atoms with Gasteiger partial charge in [0.25, 0.3) is 0 Å². The monoisotopic (exact) mass is 338 g/mol. The molecule has 3 aromatic rings. The SMILES string of the molecule is COc1ccc2[nH]c(CN3CCN(c4ccncc4C)CC3)nc2n1. The topological polar surface area (TPSA) is 70.2 Å². The predicted molar refractivity (Wildman–Crippen MR) is 96.9 cm³/mol. The van der Waals surface area contributed by atoms with E-state index >= 15 is 0 Å². The molecule has 1 aliphatic rings. The highest BCUT2D eigenvalue weighted by atomic mass is 16.5. The van der Waals surface area contributed by atoms with Crippen LogP contribution >= 0.6 is 0 Å². The zero-order chi connectivity index (χ0) is 17.2. The Balaban J connectivity index is 1.41. The molecule has 1 N–H and O–H groups in total. The van der Waals surface area contributed by atoms with E-state index in [1.807, 2.05) is 24.5 Å². The molecule has 0 unspecified atom stereocenters. The van der Waals surface area contributed by atoms with E-state index in [2.05, 4.69) is 42.7 Å². The molecule has 7 nitrogen and oxygen atoms in total. The van der Waals surface area contributed by atoms with Gasteiger partial charge in [0.15, 0.2) is 5.65 Å². The summed E-state index contributed by atoms with van der Waals surface area (Å²) in [5.74, 6) is 1.54. The maximum Gasteiger partial charge on any atom is 0.215 e. The number of hydrogen-bond acceptors (Lipinski definition) is 6. The number of nitrogens with zero attached hydrogens (tertiary/aromatic N) is 5. The lowest BCUT2D eigenvalue weighted by Crippen LogP contribution is -2.46. The zero-order valence-corrected chi connectivity index (χ0v) is 14.6. The molecule has 0 atom stereocenters. The largest absolute Gasteiger partial charge is 0.481 e. The summed E-state index contributed by atoms with van der Waals surface area (Å²) in [6, 6.07) is 5.91. The number of hydrogen-bond donors (Lipinski definition) is 1. The molecule has 1 fully saturated rings. The van der Waals surface area contributed by atoms with Gasteiger partial charge in [0.1, 0.15) is 5.82 Å². The van der Waals surface area contributed by atoms with Crippen LogP contribution in [-0.2, 0) is 6.54 Å². The molecule has 130 valence electrons. The van der Waals surface area contributed by atoms with Gasteiger partial charge in [0, 0.05) is 50.3 Å². The molecular weight excluding hydrogens is 316 g/mol. The molecule has 25 heavy (non-hydrogen) atoms. The van der Waals surface area contributed by atoms with Crippen molar-refractivity contribution in [2.75, 3.05) is 38.2 Å². The van der Waals surface area contributed by atoms with Crippen molar-refractivity contribution in [3.63, 3.8) is 0 Å². The number of nitrogens with one attached hydrogen (secondary N) is 1. The van der Waals surface area contributed by atoms with Crippen LogP contribution in [0, 0.1) is 6.92 Å². The molecule has 0 saturated carbocycles. The van der Waals surface area contributed by atoms with Gasteiger partial charge >= 0.3 is 0 Å². The summed E-state index contributed by atoms with van der Waals surface area (Å²) in [5.41, 5.74) is 4.17. The van der Waals surface area contributed by atoms with Gasteiger partial charge in [-0.1, -0.05) is 0 Å². The fourth-order valence-electron chi connectivity index (χ4n) is 3.29. The Labute approximate surface area is 146 Å². The van der Waals surface area contributed by atoms with E-state index in [1.54, 1.807) is 7.11 Å². The summed E-state index contributed by atoms with van der Waals surface area (Å²) in [6.07, 6.45) is 3.79. The second-order valence-electron chi connectivity index (χ2n) is 6.33. The maximum absolute atomic E-state index is 5.16. The second-order valence-corrected chi connectivity index (χ2v) is 6.33. The number of piperazine rings is 1. The average Bonchev–Trinajstić information content (AvgIpc) is 3.04. The molecule has 1 aliphatic heterocycles. The fourth-order valence-corrected chi connectivity index (χ4v) is 3.29. The van der Waals surface area contributed by atoms with Crippen LogP contribution in [0.15, 0.2) is 30.6 Å². The van der Waals surface area contributed by atoms with E-state index in [1.165, 1.54) is 11.3 Å². The Morgan fingerprint density at radius 1 is 1.12 bits per heavy atom. The third kappa shape index (κ3) is 3.28. The first-order valence-electron chi connectivity index (χ1n) is 8.50. The van der Waals surface area contributed by atoms with Crippen LogP contribution in [0.2, 0.25) is 0 Å². The summed E-state index contributed by atoms with van der Waals surface area (Å²) in [6.45, 7) is 6.96. The van der Waals surface area contributed by atoms with Crippen LogP contribution in [0.25, 0.3) is 11.2 Å². The lowest BCUT2D eigenvalue weighted by Gasteiger charge is -2.36. The Hall–Kier alpha value is -2.67. The van der Waals surface area contributed by atoms with Crippen LogP contribution in [0.1, 0.15) is 11.4 Å². The number of fused-ring (bicyclic) bond motifs is 1. The standard InChI is InChI=1S/C18H22N6O/c1-13-11-19-6-5-15(13)24-9-7-23(8-10-24)12-16-20-14-3-4-17(25-2)22-18(14)21-16/h3-6,11H,7-10,12H2,1-2H3,(H,20,21,22). The minimum Gasteiger partial charge on any atom is -0.481 e. The summed E-state index contributed by atoms with van der Waals surface area (Å²) in [5, 5.41) is 0. The molecule has 1 saturated heterocycles. The molecule has 0 bridgehead atoms. The van der Waals surface area contributed by atoms with E-state index in [-0.39, 0.29) is 0 Å². The third-order valence-electron chi connectivity index (χ3n) is 4.66. The molecule has 7 heteroatoms. The number of rotatable bonds is 4. The van der Waals surface area contributed by atoms with Crippen molar-refractivity contribution in [3.05, 3.63) is 42.0 Å². The van der Waals surface area contributed by atoms with Crippen molar-refractivity contribution in [1.29, 1.82) is 0 Å². The smallest absolute Gasteiger partial charge is 0.215 e. The van der Waals surface area contributed by atoms with Gasteiger partial charge in [0.2, 0.25) is 5.88 Å². The quantitative estimate of drug-likeness (QED) is 0.784. The summed E-state index contributed by atoms with van der Waals surface area (Å²) in [7, 11) is 1.62. The Bertz CT molecular complexity index is 869. The van der Waals surface area contributed by atoms with Gasteiger partial charge in [-0.2, -0.15) is 4.98 Å². The minimum atomic E-state index is 0.590. The van der Waals surface area contributed by atoms with Gasteiger partial charge in [-0.3, -0.25) is 9.88 Å². The van der Waals surface area contributed by atoms with E-state index in [9.17, 15) is 0 Å². The van der Waals surface area contributed by atoms with E-state index in [0.29, 0.717) is 11.5 Å². The highest BCUT2D eigenvalue weighted by Crippen LogP contribution is 2.21. The molecule has 0 aromatic carbocycles. The van der Waals surface area contributed by atoms with E-state index in [0.717, 1.165) is 44.1 Å². The third-order valence-corrected chi connectivity index (χ3v) is 4.66. The number of aryl methyl sites for hydroxylation is 1. The molecular formula is C18H22N6O. The number of anilines is 1. The molecule has 0 aliphatic carbocycles. The number of H-pyrrole nitrogens is 1. The molecule has 3 aromatic heterocycles. The number of ether oxygens (including phenoxy) is 1. The molecule has 4 heterocycles. The van der Waals surface area contributed by atoms with Crippen molar-refractivity contribution in [3.8, 4) is 5.88 Å². The van der Waals surface area contributed by atoms with Gasteiger partial charge in [-0.25, -0.2) is 4.98 Å². The Kier molecular flexibility index (Phi) is 4.23. The number of aromatic nitrogens is 4. The van der Waals surface area contributed by atoms with Crippen LogP contribution < -0.4 is 9.64 Å². The molecule has 0 radical (unpaired) electrons. The normalized spacial score (nSPS) is 15.7. The van der Waals surface area contributed by atoms with Crippen LogP contribution in [0.3, 0.4) is 0 Å². The number of pyridine rings is 2. The van der Waals surface area contributed by atoms with Crippen molar-refractivity contribution in [2.24, 2.45) is 0 Å². The number of imidazole rings is 1. The minimum absolute atomic E-state index is 0.590. The summed E-state index contributed by atoms with van der Waals surface area (Å²) >= 11 is 0. The fraction of sp³-hybridized carbons (Fsp3) is 0.389. The van der Waals surface area contributed by atoms with Gasteiger partial charge < -0.3 is 14.6 Å². The number of methoxy groups -OCH3 is 1. The van der Waals surface area contributed by atoms with Crippen molar-refractivity contribution < 1.29 is 4.74 Å². The zero-order valence-electron chi connectivity index (χ0n) is 14.6. The first-order chi connectivity index (χ1) is 12.2. The van der Waals surface area contributed by atoms with Gasteiger partial charge in [0.05, 0.1) is 19.2 Å². The number of aromatic amines is 1. The average molecular weight is 338 g/mol. The summed E-state index contributed by atoms with van der Waals surface area (Å²) in [4.78, 5) is 21.3. The van der Waals surface area contributed by atoms with Crippen molar-refractivity contribution in [1.82, 2.24) is 24.8 Å². The molecule has 0 amide bonds. The summed E-state index contributed by atoms with van der Waals surface area (Å²) < 4.78 is 5.16. The Morgan fingerprint density at radius 3 is 2.72 bits per heavy atom. The van der Waals surface area contributed by atoms with Crippen LogP contribution in [-0.4, -0.2) is 58.1 Å². The van der Waals surface area contributed by atoms with E-state index < -0.39 is 0 Å². The maximum atomic E-state index is 5.16. The first-order valence-corrected chi connectivity index (χ1v) is 8.50. The van der Waals surface area contributed by atoms with E-state index in [4.69, 9.17) is 4.74 Å². The highest BCUT2D eigenvalue weighted by Gasteiger charge is 2.19. The van der Waals surface area contributed by atoms with Crippen LogP contribution in [0.5, 0.6) is 5.88 Å².